The van der Waals surface area contributed by atoms with E-state index in [0.29, 0.717) is 29.6 Å². The smallest absolute Gasteiger partial charge is 0.305 e. The molecule has 0 bridgehead atoms. The summed E-state index contributed by atoms with van der Waals surface area (Å²) in [4.78, 5) is 23.1. The van der Waals surface area contributed by atoms with Gasteiger partial charge in [-0.2, -0.15) is 0 Å². The van der Waals surface area contributed by atoms with Gasteiger partial charge in [0.2, 0.25) is 0 Å². The lowest BCUT2D eigenvalue weighted by atomic mass is 9.48. The molecule has 0 amide bonds. The topological polar surface area (TPSA) is 52.6 Å². The number of hydrogen-bond acceptors (Lipinski definition) is 4. The highest BCUT2D eigenvalue weighted by atomic mass is 16.5. The Bertz CT molecular complexity index is 742. The molecule has 8 atom stereocenters. The monoisotopic (exact) mass is 430 g/mol. The molecule has 0 N–H and O–H groups in total. The van der Waals surface area contributed by atoms with Gasteiger partial charge >= 0.3 is 11.9 Å². The van der Waals surface area contributed by atoms with E-state index in [9.17, 15) is 9.59 Å². The number of ether oxygens (including phenoxy) is 2. The van der Waals surface area contributed by atoms with Gasteiger partial charge in [0.25, 0.3) is 0 Å². The summed E-state index contributed by atoms with van der Waals surface area (Å²) in [6.07, 6.45) is 13.8. The maximum atomic E-state index is 11.7. The Hall–Kier alpha value is -1.32. The van der Waals surface area contributed by atoms with Gasteiger partial charge in [-0.25, -0.2) is 0 Å². The molecule has 0 aromatic heterocycles. The lowest BCUT2D eigenvalue weighted by Crippen LogP contribution is -2.49. The molecule has 3 saturated carbocycles. The predicted molar refractivity (Wildman–Crippen MR) is 121 cm³/mol. The van der Waals surface area contributed by atoms with E-state index in [1.54, 1.807) is 5.57 Å². The summed E-state index contributed by atoms with van der Waals surface area (Å²) in [5.41, 5.74) is 2.40. The third-order valence-corrected chi connectivity index (χ3v) is 10.1. The fraction of sp³-hybridized carbons (Fsp3) is 0.852. The minimum absolute atomic E-state index is 0.0759. The molecule has 3 fully saturated rings. The number of allylic oxidation sites excluding steroid dienone is 2. The summed E-state index contributed by atoms with van der Waals surface area (Å²) in [7, 11) is 1.49. The van der Waals surface area contributed by atoms with Gasteiger partial charge in [-0.3, -0.25) is 9.59 Å². The molecule has 0 aromatic rings. The van der Waals surface area contributed by atoms with Crippen molar-refractivity contribution in [3.63, 3.8) is 0 Å². The summed E-state index contributed by atoms with van der Waals surface area (Å²) in [5.74, 6) is 3.21. The summed E-state index contributed by atoms with van der Waals surface area (Å²) >= 11 is 0. The Morgan fingerprint density at radius 3 is 2.65 bits per heavy atom. The van der Waals surface area contributed by atoms with Crippen LogP contribution < -0.4 is 0 Å². The van der Waals surface area contributed by atoms with Crippen molar-refractivity contribution in [2.75, 3.05) is 7.11 Å². The molecule has 0 spiro atoms. The van der Waals surface area contributed by atoms with Crippen molar-refractivity contribution >= 4 is 11.9 Å². The largest absolute Gasteiger partial charge is 0.469 e. The Labute approximate surface area is 188 Å². The van der Waals surface area contributed by atoms with Crippen LogP contribution in [-0.4, -0.2) is 25.2 Å². The highest BCUT2D eigenvalue weighted by Crippen LogP contribution is 2.66. The molecule has 0 aromatic carbocycles. The highest BCUT2D eigenvalue weighted by molar-refractivity contribution is 5.69. The maximum absolute atomic E-state index is 11.7. The number of hydrogen-bond donors (Lipinski definition) is 0. The zero-order valence-corrected chi connectivity index (χ0v) is 20.2. The van der Waals surface area contributed by atoms with Gasteiger partial charge in [0, 0.05) is 13.3 Å². The van der Waals surface area contributed by atoms with Crippen LogP contribution in [0.1, 0.15) is 91.9 Å². The Morgan fingerprint density at radius 2 is 1.94 bits per heavy atom. The molecule has 0 aliphatic heterocycles. The van der Waals surface area contributed by atoms with Crippen LogP contribution in [0.4, 0.5) is 0 Å². The van der Waals surface area contributed by atoms with Crippen LogP contribution in [0, 0.1) is 40.4 Å². The van der Waals surface area contributed by atoms with Crippen LogP contribution in [0.3, 0.4) is 0 Å². The normalized spacial score (nSPS) is 42.5. The number of carbonyl (C=O) groups is 2. The lowest BCUT2D eigenvalue weighted by molar-refractivity contribution is -0.151. The fourth-order valence-electron chi connectivity index (χ4n) is 8.45. The fourth-order valence-corrected chi connectivity index (χ4v) is 8.45. The zero-order valence-electron chi connectivity index (χ0n) is 20.2. The van der Waals surface area contributed by atoms with Crippen molar-refractivity contribution in [2.24, 2.45) is 40.4 Å². The molecule has 4 heteroatoms. The van der Waals surface area contributed by atoms with Gasteiger partial charge in [0.1, 0.15) is 6.10 Å². The van der Waals surface area contributed by atoms with Crippen LogP contribution >= 0.6 is 0 Å². The molecule has 4 nitrogen and oxygen atoms in total. The van der Waals surface area contributed by atoms with E-state index in [-0.39, 0.29) is 23.5 Å². The second-order valence-corrected chi connectivity index (χ2v) is 11.6. The molecule has 0 radical (unpaired) electrons. The Kier molecular flexibility index (Phi) is 6.31. The first-order chi connectivity index (χ1) is 14.7. The van der Waals surface area contributed by atoms with Gasteiger partial charge in [-0.1, -0.05) is 32.4 Å². The summed E-state index contributed by atoms with van der Waals surface area (Å²) in [5, 5.41) is 0. The molecule has 0 saturated heterocycles. The third-order valence-electron chi connectivity index (χ3n) is 10.1. The van der Waals surface area contributed by atoms with Gasteiger partial charge in [-0.15, -0.1) is 0 Å². The van der Waals surface area contributed by atoms with Crippen LogP contribution in [0.25, 0.3) is 0 Å². The quantitative estimate of drug-likeness (QED) is 0.391. The van der Waals surface area contributed by atoms with Crippen LogP contribution in [-0.2, 0) is 19.1 Å². The molecule has 0 heterocycles. The van der Waals surface area contributed by atoms with Crippen molar-refractivity contribution in [3.05, 3.63) is 11.6 Å². The first kappa shape index (κ1) is 22.9. The average Bonchev–Trinajstić information content (AvgIpc) is 3.09. The number of esters is 2. The first-order valence-electron chi connectivity index (χ1n) is 12.6. The summed E-state index contributed by atoms with van der Waals surface area (Å²) in [6, 6.07) is 0. The van der Waals surface area contributed by atoms with Gasteiger partial charge in [-0.05, 0) is 98.2 Å². The highest BCUT2D eigenvalue weighted by Gasteiger charge is 2.57. The van der Waals surface area contributed by atoms with E-state index >= 15 is 0 Å². The number of fused-ring (bicyclic) bond motifs is 5. The van der Waals surface area contributed by atoms with E-state index < -0.39 is 0 Å². The molecule has 4 rings (SSSR count). The van der Waals surface area contributed by atoms with E-state index in [2.05, 4.69) is 26.8 Å². The minimum Gasteiger partial charge on any atom is -0.469 e. The molecule has 4 aliphatic rings. The maximum Gasteiger partial charge on any atom is 0.305 e. The standard InChI is InChI=1S/C27H42O4/c1-17(6-11-25(29)30-5)22-9-10-23-21-8-7-19-16-20(31-18(2)28)12-14-26(19,3)24(21)13-15-27(22,23)4/h13,17,19-23H,6-12,14-16H2,1-5H3/t17-,19+,20+,21-,22-,23+,26-,27+/m0/s1. The first-order valence-corrected chi connectivity index (χ1v) is 12.6. The third kappa shape index (κ3) is 3.97. The van der Waals surface area contributed by atoms with Gasteiger partial charge < -0.3 is 9.47 Å². The van der Waals surface area contributed by atoms with Crippen molar-refractivity contribution in [3.8, 4) is 0 Å². The van der Waals surface area contributed by atoms with Gasteiger partial charge in [0.15, 0.2) is 0 Å². The number of rotatable bonds is 5. The van der Waals surface area contributed by atoms with Crippen LogP contribution in [0.2, 0.25) is 0 Å². The van der Waals surface area contributed by atoms with Crippen LogP contribution in [0.5, 0.6) is 0 Å². The van der Waals surface area contributed by atoms with Crippen molar-refractivity contribution < 1.29 is 19.1 Å². The lowest BCUT2D eigenvalue weighted by Gasteiger charge is -2.57. The zero-order chi connectivity index (χ0) is 22.4. The Balaban J connectivity index is 1.50. The number of methoxy groups -OCH3 is 1. The summed E-state index contributed by atoms with van der Waals surface area (Å²) in [6.45, 7) is 8.95. The van der Waals surface area contributed by atoms with Crippen LogP contribution in [0.15, 0.2) is 11.6 Å². The predicted octanol–water partition coefficient (Wildman–Crippen LogP) is 6.09. The Morgan fingerprint density at radius 1 is 1.16 bits per heavy atom. The van der Waals surface area contributed by atoms with Crippen molar-refractivity contribution in [1.29, 1.82) is 0 Å². The second kappa shape index (κ2) is 8.56. The average molecular weight is 431 g/mol. The van der Waals surface area contributed by atoms with E-state index in [4.69, 9.17) is 9.47 Å². The molecule has 0 unspecified atom stereocenters. The SMILES string of the molecule is COC(=O)CC[C@H](C)[C@@H]1CC[C@@H]2[C@@H]3CC[C@@H]4C[C@H](OC(C)=O)CC[C@]4(C)C3=CC[C@@]21C. The van der Waals surface area contributed by atoms with E-state index in [1.807, 2.05) is 0 Å². The second-order valence-electron chi connectivity index (χ2n) is 11.6. The summed E-state index contributed by atoms with van der Waals surface area (Å²) < 4.78 is 10.5. The van der Waals surface area contributed by atoms with E-state index in [1.165, 1.54) is 46.1 Å². The van der Waals surface area contributed by atoms with Crippen molar-refractivity contribution in [2.45, 2.75) is 98.0 Å². The molecular formula is C27H42O4. The molecule has 31 heavy (non-hydrogen) atoms. The molecule has 174 valence electrons. The van der Waals surface area contributed by atoms with E-state index in [0.717, 1.165) is 37.5 Å². The number of carbonyl (C=O) groups excluding carboxylic acids is 2. The minimum atomic E-state index is -0.131. The van der Waals surface area contributed by atoms with Crippen molar-refractivity contribution in [1.82, 2.24) is 0 Å². The molecule has 4 aliphatic carbocycles. The molecular weight excluding hydrogens is 388 g/mol. The van der Waals surface area contributed by atoms with Gasteiger partial charge in [0.05, 0.1) is 7.11 Å².